The molecule has 0 fully saturated rings. The SMILES string of the molecule is COc1ccc2c(-c3ccccc3)cc(SCC(=O)NC(=O)NCc3ccco3)nc2c1. The van der Waals surface area contributed by atoms with Crippen LogP contribution in [0.25, 0.3) is 22.0 Å². The Kier molecular flexibility index (Phi) is 6.72. The lowest BCUT2D eigenvalue weighted by Crippen LogP contribution is -2.39. The number of aromatic nitrogens is 1. The number of benzene rings is 2. The molecule has 0 aliphatic rings. The first kappa shape index (κ1) is 21.5. The second-order valence-electron chi connectivity index (χ2n) is 6.86. The lowest BCUT2D eigenvalue weighted by atomic mass is 10.0. The van der Waals surface area contributed by atoms with E-state index in [0.29, 0.717) is 16.5 Å². The second-order valence-corrected chi connectivity index (χ2v) is 7.85. The molecule has 0 aliphatic heterocycles. The van der Waals surface area contributed by atoms with Crippen molar-refractivity contribution < 1.29 is 18.7 Å². The van der Waals surface area contributed by atoms with Gasteiger partial charge >= 0.3 is 6.03 Å². The quantitative estimate of drug-likeness (QED) is 0.402. The topological polar surface area (TPSA) is 93.5 Å². The molecule has 162 valence electrons. The lowest BCUT2D eigenvalue weighted by Gasteiger charge is -2.11. The van der Waals surface area contributed by atoms with E-state index in [2.05, 4.69) is 15.6 Å². The number of pyridine rings is 1. The van der Waals surface area contributed by atoms with E-state index in [1.54, 1.807) is 19.2 Å². The van der Waals surface area contributed by atoms with Crippen LogP contribution in [0.2, 0.25) is 0 Å². The van der Waals surface area contributed by atoms with Crippen molar-refractivity contribution in [2.24, 2.45) is 0 Å². The fourth-order valence-corrected chi connectivity index (χ4v) is 3.88. The summed E-state index contributed by atoms with van der Waals surface area (Å²) in [6.07, 6.45) is 1.52. The monoisotopic (exact) mass is 447 g/mol. The number of thioether (sulfide) groups is 1. The first-order valence-corrected chi connectivity index (χ1v) is 10.9. The highest BCUT2D eigenvalue weighted by Crippen LogP contribution is 2.33. The number of imide groups is 1. The Balaban J connectivity index is 1.47. The first-order chi connectivity index (χ1) is 15.6. The van der Waals surface area contributed by atoms with E-state index in [1.165, 1.54) is 18.0 Å². The van der Waals surface area contributed by atoms with Crippen LogP contribution < -0.4 is 15.4 Å². The third-order valence-corrected chi connectivity index (χ3v) is 5.60. The number of amides is 3. The number of nitrogens with zero attached hydrogens (tertiary/aromatic N) is 1. The van der Waals surface area contributed by atoms with Crippen LogP contribution in [0.15, 0.2) is 82.4 Å². The van der Waals surface area contributed by atoms with Gasteiger partial charge < -0.3 is 14.5 Å². The van der Waals surface area contributed by atoms with E-state index in [1.807, 2.05) is 54.6 Å². The molecule has 3 amide bonds. The number of urea groups is 1. The molecule has 4 aromatic rings. The maximum Gasteiger partial charge on any atom is 0.321 e. The van der Waals surface area contributed by atoms with Gasteiger partial charge in [-0.25, -0.2) is 9.78 Å². The first-order valence-electron chi connectivity index (χ1n) is 9.89. The predicted octanol–water partition coefficient (Wildman–Crippen LogP) is 4.62. The van der Waals surface area contributed by atoms with Gasteiger partial charge in [-0.15, -0.1) is 0 Å². The van der Waals surface area contributed by atoms with Crippen molar-refractivity contribution >= 4 is 34.6 Å². The Morgan fingerprint density at radius 1 is 1.06 bits per heavy atom. The van der Waals surface area contributed by atoms with Gasteiger partial charge in [-0.1, -0.05) is 42.1 Å². The van der Waals surface area contributed by atoms with Gasteiger partial charge in [-0.2, -0.15) is 0 Å². The Morgan fingerprint density at radius 2 is 1.91 bits per heavy atom. The number of furan rings is 1. The van der Waals surface area contributed by atoms with Gasteiger partial charge in [0.1, 0.15) is 11.5 Å². The third-order valence-electron chi connectivity index (χ3n) is 4.69. The third kappa shape index (κ3) is 5.28. The van der Waals surface area contributed by atoms with Crippen LogP contribution in [0, 0.1) is 0 Å². The van der Waals surface area contributed by atoms with Crippen LogP contribution in [0.4, 0.5) is 4.79 Å². The minimum absolute atomic E-state index is 0.0465. The fourth-order valence-electron chi connectivity index (χ4n) is 3.17. The summed E-state index contributed by atoms with van der Waals surface area (Å²) in [5, 5.41) is 6.56. The number of methoxy groups -OCH3 is 1. The fraction of sp³-hybridized carbons (Fsp3) is 0.125. The Hall–Kier alpha value is -3.78. The molecule has 2 aromatic heterocycles. The molecule has 8 heteroatoms. The van der Waals surface area contributed by atoms with E-state index in [0.717, 1.165) is 22.0 Å². The summed E-state index contributed by atoms with van der Waals surface area (Å²) in [6.45, 7) is 0.202. The number of ether oxygens (including phenoxy) is 1. The molecule has 0 saturated carbocycles. The Morgan fingerprint density at radius 3 is 2.66 bits per heavy atom. The zero-order valence-electron chi connectivity index (χ0n) is 17.3. The van der Waals surface area contributed by atoms with E-state index in [4.69, 9.17) is 9.15 Å². The zero-order chi connectivity index (χ0) is 22.3. The van der Waals surface area contributed by atoms with Crippen molar-refractivity contribution in [3.63, 3.8) is 0 Å². The van der Waals surface area contributed by atoms with E-state index >= 15 is 0 Å². The second kappa shape index (κ2) is 10.0. The van der Waals surface area contributed by atoms with Crippen LogP contribution >= 0.6 is 11.8 Å². The number of nitrogens with one attached hydrogen (secondary N) is 2. The van der Waals surface area contributed by atoms with Gasteiger partial charge in [0, 0.05) is 11.5 Å². The highest BCUT2D eigenvalue weighted by atomic mass is 32.2. The highest BCUT2D eigenvalue weighted by molar-refractivity contribution is 7.99. The summed E-state index contributed by atoms with van der Waals surface area (Å²) in [7, 11) is 1.61. The summed E-state index contributed by atoms with van der Waals surface area (Å²) in [5.74, 6) is 0.939. The van der Waals surface area contributed by atoms with E-state index < -0.39 is 11.9 Å². The molecule has 0 aliphatic carbocycles. The van der Waals surface area contributed by atoms with Crippen molar-refractivity contribution in [2.45, 2.75) is 11.6 Å². The molecule has 32 heavy (non-hydrogen) atoms. The number of fused-ring (bicyclic) bond motifs is 1. The summed E-state index contributed by atoms with van der Waals surface area (Å²) < 4.78 is 10.5. The average Bonchev–Trinajstić information content (AvgIpc) is 3.35. The van der Waals surface area contributed by atoms with Crippen LogP contribution in [0.3, 0.4) is 0 Å². The van der Waals surface area contributed by atoms with E-state index in [-0.39, 0.29) is 12.3 Å². The molecule has 0 atom stereocenters. The summed E-state index contributed by atoms with van der Waals surface area (Å²) in [6, 6.07) is 20.6. The number of carbonyl (C=O) groups is 2. The molecule has 2 N–H and O–H groups in total. The van der Waals surface area contributed by atoms with Gasteiger partial charge in [0.05, 0.1) is 36.2 Å². The summed E-state index contributed by atoms with van der Waals surface area (Å²) in [4.78, 5) is 28.8. The average molecular weight is 448 g/mol. The van der Waals surface area contributed by atoms with Crippen LogP contribution in [-0.2, 0) is 11.3 Å². The van der Waals surface area contributed by atoms with Crippen molar-refractivity contribution in [1.82, 2.24) is 15.6 Å². The molecule has 4 rings (SSSR count). The maximum atomic E-state index is 12.2. The van der Waals surface area contributed by atoms with Crippen LogP contribution in [0.5, 0.6) is 5.75 Å². The minimum atomic E-state index is -0.576. The van der Waals surface area contributed by atoms with Gasteiger partial charge in [-0.3, -0.25) is 10.1 Å². The van der Waals surface area contributed by atoms with E-state index in [9.17, 15) is 9.59 Å². The smallest absolute Gasteiger partial charge is 0.321 e. The molecular formula is C24H21N3O4S. The van der Waals surface area contributed by atoms with Gasteiger partial charge in [-0.05, 0) is 41.5 Å². The van der Waals surface area contributed by atoms with Gasteiger partial charge in [0.2, 0.25) is 5.91 Å². The van der Waals surface area contributed by atoms with Crippen molar-refractivity contribution in [3.05, 3.63) is 78.8 Å². The molecule has 0 bridgehead atoms. The minimum Gasteiger partial charge on any atom is -0.497 e. The largest absolute Gasteiger partial charge is 0.497 e. The molecular weight excluding hydrogens is 426 g/mol. The molecule has 2 heterocycles. The molecule has 0 spiro atoms. The van der Waals surface area contributed by atoms with Gasteiger partial charge in [0.15, 0.2) is 0 Å². The molecule has 0 unspecified atom stereocenters. The van der Waals surface area contributed by atoms with Gasteiger partial charge in [0.25, 0.3) is 0 Å². The summed E-state index contributed by atoms with van der Waals surface area (Å²) in [5.41, 5.74) is 2.83. The van der Waals surface area contributed by atoms with Crippen LogP contribution in [0.1, 0.15) is 5.76 Å². The van der Waals surface area contributed by atoms with Crippen molar-refractivity contribution in [1.29, 1.82) is 0 Å². The molecule has 7 nitrogen and oxygen atoms in total. The maximum absolute atomic E-state index is 12.2. The molecule has 0 radical (unpaired) electrons. The standard InChI is InChI=1S/C24H21N3O4S/c1-30-17-9-10-19-20(16-6-3-2-4-7-16)13-23(26-21(19)12-17)32-15-22(28)27-24(29)25-14-18-8-5-11-31-18/h2-13H,14-15H2,1H3,(H2,25,27,28,29). The Labute approximate surface area is 189 Å². The van der Waals surface area contributed by atoms with Crippen molar-refractivity contribution in [3.8, 4) is 16.9 Å². The molecule has 0 saturated heterocycles. The highest BCUT2D eigenvalue weighted by Gasteiger charge is 2.13. The summed E-state index contributed by atoms with van der Waals surface area (Å²) >= 11 is 1.26. The number of hydrogen-bond acceptors (Lipinski definition) is 6. The molecule has 2 aromatic carbocycles. The van der Waals surface area contributed by atoms with Crippen LogP contribution in [-0.4, -0.2) is 29.8 Å². The lowest BCUT2D eigenvalue weighted by molar-refractivity contribution is -0.117. The predicted molar refractivity (Wildman–Crippen MR) is 124 cm³/mol. The zero-order valence-corrected chi connectivity index (χ0v) is 18.1. The Bertz CT molecular complexity index is 1230. The number of hydrogen-bond donors (Lipinski definition) is 2. The number of carbonyl (C=O) groups excluding carboxylic acids is 2. The van der Waals surface area contributed by atoms with Crippen molar-refractivity contribution in [2.75, 3.05) is 12.9 Å². The number of rotatable bonds is 7. The normalized spacial score (nSPS) is 10.7.